The number of hydrogen-bond acceptors (Lipinski definition) is 3. The van der Waals surface area contributed by atoms with Crippen molar-refractivity contribution in [1.29, 1.82) is 0 Å². The van der Waals surface area contributed by atoms with Crippen molar-refractivity contribution >= 4 is 89.7 Å². The summed E-state index contributed by atoms with van der Waals surface area (Å²) in [7, 11) is -3.02. The van der Waals surface area contributed by atoms with E-state index in [4.69, 9.17) is 9.97 Å². The van der Waals surface area contributed by atoms with Gasteiger partial charge in [-0.05, 0) is 73.7 Å². The van der Waals surface area contributed by atoms with E-state index in [-0.39, 0.29) is 5.41 Å². The standard InChI is InChI=1S/C53H38N4SSi/c1-53(2)43-20-10-12-22-48(43)58-51-44(53)28-29-46-50(51)41-27-25-38(34-47(41)57(46)49-23-13-14-30-54-49)59(35-15-5-3-6-16-35,36-17-7-4-8-18-36)37-24-26-39-40-19-9-11-21-45(40)56-32-31-55-52(56)42(39)33-37/h3-34H,1-2H3. The number of aromatic nitrogens is 4. The summed E-state index contributed by atoms with van der Waals surface area (Å²) in [5.74, 6) is 0.913. The highest BCUT2D eigenvalue weighted by Crippen LogP contribution is 2.53. The first-order valence-electron chi connectivity index (χ1n) is 20.2. The minimum atomic E-state index is -3.02. The summed E-state index contributed by atoms with van der Waals surface area (Å²) in [5, 5.41) is 11.4. The van der Waals surface area contributed by atoms with Gasteiger partial charge < -0.3 is 0 Å². The van der Waals surface area contributed by atoms with Crippen LogP contribution in [0.1, 0.15) is 25.0 Å². The van der Waals surface area contributed by atoms with Gasteiger partial charge in [-0.15, -0.1) is 0 Å². The smallest absolute Gasteiger partial charge is 0.179 e. The predicted octanol–water partition coefficient (Wildman–Crippen LogP) is 10.3. The Labute approximate surface area is 347 Å². The zero-order valence-corrected chi connectivity index (χ0v) is 34.5. The van der Waals surface area contributed by atoms with Crippen molar-refractivity contribution in [2.45, 2.75) is 29.1 Å². The molecule has 4 aromatic heterocycles. The third-order valence-corrected chi connectivity index (χ3v) is 18.8. The highest BCUT2D eigenvalue weighted by atomic mass is 32.2. The maximum Gasteiger partial charge on any atom is 0.179 e. The van der Waals surface area contributed by atoms with Gasteiger partial charge in [-0.3, -0.25) is 8.97 Å². The minimum Gasteiger partial charge on any atom is -0.299 e. The molecule has 0 N–H and O–H groups in total. The normalized spacial score (nSPS) is 13.7. The number of fused-ring (bicyclic) bond motifs is 12. The van der Waals surface area contributed by atoms with E-state index in [0.717, 1.165) is 27.9 Å². The number of benzene rings is 7. The Bertz CT molecular complexity index is 3410. The molecule has 6 heteroatoms. The fourth-order valence-corrected chi connectivity index (χ4v) is 16.5. The molecule has 0 amide bonds. The highest BCUT2D eigenvalue weighted by Gasteiger charge is 2.42. The third kappa shape index (κ3) is 4.84. The molecule has 1 aliphatic heterocycles. The predicted molar refractivity (Wildman–Crippen MR) is 249 cm³/mol. The van der Waals surface area contributed by atoms with E-state index in [1.807, 2.05) is 30.2 Å². The molecule has 11 aromatic rings. The van der Waals surface area contributed by atoms with Crippen LogP contribution >= 0.6 is 11.8 Å². The van der Waals surface area contributed by atoms with Crippen molar-refractivity contribution in [2.75, 3.05) is 0 Å². The van der Waals surface area contributed by atoms with Crippen LogP contribution in [-0.2, 0) is 5.41 Å². The summed E-state index contributed by atoms with van der Waals surface area (Å²) < 4.78 is 4.64. The fraction of sp³-hybridized carbons (Fsp3) is 0.0566. The molecule has 12 rings (SSSR count). The number of nitrogens with zero attached hydrogens (tertiary/aromatic N) is 4. The summed E-state index contributed by atoms with van der Waals surface area (Å²) in [6, 6.07) is 65.6. The number of hydrogen-bond donors (Lipinski definition) is 0. The number of imidazole rings is 1. The second-order valence-corrected chi connectivity index (χ2v) is 21.1. The van der Waals surface area contributed by atoms with Gasteiger partial charge in [-0.2, -0.15) is 0 Å². The van der Waals surface area contributed by atoms with Gasteiger partial charge in [0.2, 0.25) is 0 Å². The third-order valence-electron chi connectivity index (χ3n) is 12.8. The van der Waals surface area contributed by atoms with Crippen LogP contribution in [0.3, 0.4) is 0 Å². The van der Waals surface area contributed by atoms with E-state index >= 15 is 0 Å². The quantitative estimate of drug-likeness (QED) is 0.0990. The van der Waals surface area contributed by atoms with E-state index in [0.29, 0.717) is 0 Å². The van der Waals surface area contributed by atoms with Gasteiger partial charge in [0.1, 0.15) is 11.5 Å². The molecule has 5 heterocycles. The van der Waals surface area contributed by atoms with Crippen molar-refractivity contribution < 1.29 is 0 Å². The molecule has 0 saturated heterocycles. The zero-order chi connectivity index (χ0) is 39.3. The lowest BCUT2D eigenvalue weighted by atomic mass is 9.77. The molecule has 7 aromatic carbocycles. The van der Waals surface area contributed by atoms with Crippen molar-refractivity contribution in [3.8, 4) is 5.82 Å². The Hall–Kier alpha value is -6.73. The molecule has 0 spiro atoms. The van der Waals surface area contributed by atoms with E-state index in [9.17, 15) is 0 Å². The maximum atomic E-state index is 5.01. The Morgan fingerprint density at radius 1 is 0.492 bits per heavy atom. The van der Waals surface area contributed by atoms with Crippen LogP contribution in [0.15, 0.2) is 204 Å². The largest absolute Gasteiger partial charge is 0.299 e. The first-order chi connectivity index (χ1) is 29.0. The molecule has 59 heavy (non-hydrogen) atoms. The van der Waals surface area contributed by atoms with Crippen LogP contribution in [0.5, 0.6) is 0 Å². The monoisotopic (exact) mass is 790 g/mol. The van der Waals surface area contributed by atoms with Gasteiger partial charge in [-0.1, -0.05) is 165 Å². The summed E-state index contributed by atoms with van der Waals surface area (Å²) >= 11 is 1.91. The van der Waals surface area contributed by atoms with Crippen LogP contribution < -0.4 is 20.7 Å². The van der Waals surface area contributed by atoms with Crippen molar-refractivity contribution in [3.05, 3.63) is 206 Å². The van der Waals surface area contributed by atoms with Gasteiger partial charge >= 0.3 is 0 Å². The number of pyridine rings is 2. The number of para-hydroxylation sites is 1. The summed E-state index contributed by atoms with van der Waals surface area (Å²) in [6.07, 6.45) is 5.92. The molecule has 0 radical (unpaired) electrons. The van der Waals surface area contributed by atoms with Gasteiger partial charge in [0.15, 0.2) is 8.07 Å². The Balaban J connectivity index is 1.21. The Morgan fingerprint density at radius 3 is 1.97 bits per heavy atom. The molecule has 4 nitrogen and oxygen atoms in total. The van der Waals surface area contributed by atoms with Crippen LogP contribution in [0.4, 0.5) is 0 Å². The van der Waals surface area contributed by atoms with Crippen LogP contribution in [0, 0.1) is 0 Å². The lowest BCUT2D eigenvalue weighted by Crippen LogP contribution is -2.74. The second kappa shape index (κ2) is 12.9. The maximum absolute atomic E-state index is 5.01. The Morgan fingerprint density at radius 2 is 1.19 bits per heavy atom. The summed E-state index contributed by atoms with van der Waals surface area (Å²) in [6.45, 7) is 4.74. The van der Waals surface area contributed by atoms with Gasteiger partial charge in [-0.25, -0.2) is 9.97 Å². The highest BCUT2D eigenvalue weighted by molar-refractivity contribution is 7.99. The van der Waals surface area contributed by atoms with E-state index in [1.165, 1.54) is 68.7 Å². The van der Waals surface area contributed by atoms with Crippen LogP contribution in [0.2, 0.25) is 0 Å². The van der Waals surface area contributed by atoms with Gasteiger partial charge in [0.25, 0.3) is 0 Å². The fourth-order valence-electron chi connectivity index (χ4n) is 10.2. The second-order valence-electron chi connectivity index (χ2n) is 16.2. The molecule has 0 fully saturated rings. The molecule has 0 aliphatic carbocycles. The molecule has 1 aliphatic rings. The van der Waals surface area contributed by atoms with Gasteiger partial charge in [0, 0.05) is 55.3 Å². The van der Waals surface area contributed by atoms with E-state index < -0.39 is 8.07 Å². The summed E-state index contributed by atoms with van der Waals surface area (Å²) in [4.78, 5) is 12.6. The molecule has 0 saturated carbocycles. The molecule has 0 unspecified atom stereocenters. The van der Waals surface area contributed by atoms with Crippen molar-refractivity contribution in [3.63, 3.8) is 0 Å². The lowest BCUT2D eigenvalue weighted by molar-refractivity contribution is 0.609. The summed E-state index contributed by atoms with van der Waals surface area (Å²) in [5.41, 5.74) is 7.07. The van der Waals surface area contributed by atoms with Gasteiger partial charge in [0.05, 0.1) is 16.6 Å². The number of rotatable bonds is 5. The molecule has 0 bridgehead atoms. The van der Waals surface area contributed by atoms with Crippen molar-refractivity contribution in [2.24, 2.45) is 0 Å². The average molecular weight is 791 g/mol. The topological polar surface area (TPSA) is 35.1 Å². The first kappa shape index (κ1) is 34.3. The average Bonchev–Trinajstić information content (AvgIpc) is 3.92. The van der Waals surface area contributed by atoms with E-state index in [2.05, 4.69) is 199 Å². The van der Waals surface area contributed by atoms with Crippen LogP contribution in [-0.4, -0.2) is 27.0 Å². The molecular weight excluding hydrogens is 753 g/mol. The van der Waals surface area contributed by atoms with Crippen molar-refractivity contribution in [1.82, 2.24) is 18.9 Å². The molecule has 0 atom stereocenters. The van der Waals surface area contributed by atoms with Crippen LogP contribution in [0.25, 0.3) is 54.9 Å². The molecular formula is C53H38N4SSi. The lowest BCUT2D eigenvalue weighted by Gasteiger charge is -2.35. The van der Waals surface area contributed by atoms with E-state index in [1.54, 1.807) is 0 Å². The minimum absolute atomic E-state index is 0.144. The zero-order valence-electron chi connectivity index (χ0n) is 32.7. The Kier molecular flexibility index (Phi) is 7.50. The first-order valence-corrected chi connectivity index (χ1v) is 23.0. The SMILES string of the molecule is CC1(C)c2ccccc2Sc2c1ccc1c2c2ccc([Si](c3ccccc3)(c3ccccc3)c3ccc4c5ccccc5n5ccnc5c4c3)cc2n1-c1ccccn1. The molecule has 280 valence electrons.